The molecule has 1 aliphatic rings. The van der Waals surface area contributed by atoms with Crippen molar-refractivity contribution < 1.29 is 13.9 Å². The minimum atomic E-state index is -0.276. The minimum Gasteiger partial charge on any atom is -0.383 e. The first kappa shape index (κ1) is 17.9. The summed E-state index contributed by atoms with van der Waals surface area (Å²) < 4.78 is 18.3. The Balaban J connectivity index is 1.44. The second kappa shape index (κ2) is 8.45. The average Bonchev–Trinajstić information content (AvgIpc) is 3.01. The molecule has 2 heterocycles. The Morgan fingerprint density at radius 1 is 1.40 bits per heavy atom. The van der Waals surface area contributed by atoms with Crippen molar-refractivity contribution in [3.05, 3.63) is 35.8 Å². The largest absolute Gasteiger partial charge is 0.383 e. The number of hydrogen-bond donors (Lipinski definition) is 2. The number of likely N-dealkylation sites (tertiary alicyclic amines) is 1. The Labute approximate surface area is 147 Å². The van der Waals surface area contributed by atoms with Crippen LogP contribution in [0, 0.1) is 11.7 Å². The van der Waals surface area contributed by atoms with Gasteiger partial charge in [-0.15, -0.1) is 0 Å². The molecule has 0 atom stereocenters. The van der Waals surface area contributed by atoms with E-state index in [2.05, 4.69) is 15.2 Å². The first-order chi connectivity index (χ1) is 12.2. The summed E-state index contributed by atoms with van der Waals surface area (Å²) in [6.45, 7) is 4.62. The quantitative estimate of drug-likeness (QED) is 0.808. The molecule has 0 saturated carbocycles. The van der Waals surface area contributed by atoms with E-state index in [0.717, 1.165) is 62.1 Å². The highest BCUT2D eigenvalue weighted by molar-refractivity contribution is 5.88. The number of piperidine rings is 1. The molecule has 0 radical (unpaired) electrons. The highest BCUT2D eigenvalue weighted by Crippen LogP contribution is 2.20. The number of carbonyl (C=O) groups excluding carboxylic acids is 1. The number of methoxy groups -OCH3 is 1. The van der Waals surface area contributed by atoms with E-state index in [0.29, 0.717) is 12.3 Å². The molecule has 0 unspecified atom stereocenters. The molecule has 5 nitrogen and oxygen atoms in total. The number of aromatic amines is 1. The smallest absolute Gasteiger partial charge is 0.224 e. The Bertz CT molecular complexity index is 708. The molecule has 0 spiro atoms. The molecule has 0 aliphatic carbocycles. The van der Waals surface area contributed by atoms with Crippen LogP contribution < -0.4 is 5.32 Å². The van der Waals surface area contributed by atoms with E-state index < -0.39 is 0 Å². The van der Waals surface area contributed by atoms with Gasteiger partial charge in [-0.2, -0.15) is 0 Å². The van der Waals surface area contributed by atoms with E-state index in [4.69, 9.17) is 4.74 Å². The molecular formula is C19H26FN3O2. The van der Waals surface area contributed by atoms with E-state index in [1.165, 1.54) is 12.1 Å². The lowest BCUT2D eigenvalue weighted by Crippen LogP contribution is -2.40. The maximum absolute atomic E-state index is 13.2. The van der Waals surface area contributed by atoms with Gasteiger partial charge in [0, 0.05) is 37.3 Å². The zero-order valence-electron chi connectivity index (χ0n) is 14.7. The normalized spacial score (nSPS) is 16.4. The number of halogens is 1. The molecule has 136 valence electrons. The first-order valence-electron chi connectivity index (χ1n) is 8.89. The molecule has 2 N–H and O–H groups in total. The number of amides is 1. The van der Waals surface area contributed by atoms with Crippen LogP contribution in [0.5, 0.6) is 0 Å². The number of ether oxygens (including phenoxy) is 1. The summed E-state index contributed by atoms with van der Waals surface area (Å²) >= 11 is 0. The van der Waals surface area contributed by atoms with Crippen LogP contribution in [-0.2, 0) is 16.0 Å². The number of fused-ring (bicyclic) bond motifs is 1. The molecule has 1 saturated heterocycles. The van der Waals surface area contributed by atoms with E-state index in [-0.39, 0.29) is 11.7 Å². The maximum atomic E-state index is 13.2. The monoisotopic (exact) mass is 347 g/mol. The third-order valence-corrected chi connectivity index (χ3v) is 4.99. The number of hydrogen-bond acceptors (Lipinski definition) is 3. The summed E-state index contributed by atoms with van der Waals surface area (Å²) in [7, 11) is 1.73. The number of aromatic nitrogens is 1. The maximum Gasteiger partial charge on any atom is 0.224 e. The van der Waals surface area contributed by atoms with E-state index in [1.807, 2.05) is 0 Å². The minimum absolute atomic E-state index is 0.0204. The molecule has 2 aromatic rings. The predicted molar refractivity (Wildman–Crippen MR) is 96.0 cm³/mol. The molecule has 25 heavy (non-hydrogen) atoms. The van der Waals surface area contributed by atoms with Crippen molar-refractivity contribution in [2.75, 3.05) is 39.9 Å². The second-order valence-corrected chi connectivity index (χ2v) is 6.76. The van der Waals surface area contributed by atoms with Crippen LogP contribution in [0.3, 0.4) is 0 Å². The molecule has 1 aromatic heterocycles. The van der Waals surface area contributed by atoms with Gasteiger partial charge in [0.2, 0.25) is 5.91 Å². The molecule has 1 aliphatic heterocycles. The van der Waals surface area contributed by atoms with Crippen LogP contribution in [-0.4, -0.2) is 55.7 Å². The third kappa shape index (κ3) is 4.80. The van der Waals surface area contributed by atoms with Crippen molar-refractivity contribution in [3.63, 3.8) is 0 Å². The topological polar surface area (TPSA) is 57.4 Å². The van der Waals surface area contributed by atoms with Gasteiger partial charge < -0.3 is 19.9 Å². The summed E-state index contributed by atoms with van der Waals surface area (Å²) in [6.07, 6.45) is 4.32. The van der Waals surface area contributed by atoms with Crippen molar-refractivity contribution >= 4 is 16.8 Å². The number of carbonyl (C=O) groups is 1. The molecular weight excluding hydrogens is 321 g/mol. The first-order valence-corrected chi connectivity index (χ1v) is 8.89. The van der Waals surface area contributed by atoms with Crippen molar-refractivity contribution in [2.24, 2.45) is 5.92 Å². The molecule has 6 heteroatoms. The van der Waals surface area contributed by atoms with Gasteiger partial charge in [-0.1, -0.05) is 0 Å². The van der Waals surface area contributed by atoms with Crippen LogP contribution >= 0.6 is 0 Å². The van der Waals surface area contributed by atoms with Crippen molar-refractivity contribution in [1.29, 1.82) is 0 Å². The van der Waals surface area contributed by atoms with Gasteiger partial charge in [-0.3, -0.25) is 4.79 Å². The lowest BCUT2D eigenvalue weighted by Gasteiger charge is -2.31. The van der Waals surface area contributed by atoms with Crippen LogP contribution in [0.25, 0.3) is 10.9 Å². The molecule has 3 rings (SSSR count). The lowest BCUT2D eigenvalue weighted by atomic mass is 9.96. The molecule has 1 amide bonds. The van der Waals surface area contributed by atoms with Gasteiger partial charge in [0.1, 0.15) is 5.82 Å². The molecule has 0 bridgehead atoms. The highest BCUT2D eigenvalue weighted by Gasteiger charge is 2.19. The van der Waals surface area contributed by atoms with Gasteiger partial charge in [0.25, 0.3) is 0 Å². The molecule has 1 fully saturated rings. The third-order valence-electron chi connectivity index (χ3n) is 4.99. The fourth-order valence-corrected chi connectivity index (χ4v) is 3.43. The van der Waals surface area contributed by atoms with Crippen molar-refractivity contribution in [1.82, 2.24) is 15.2 Å². The van der Waals surface area contributed by atoms with Crippen LogP contribution in [0.2, 0.25) is 0 Å². The van der Waals surface area contributed by atoms with Crippen molar-refractivity contribution in [3.8, 4) is 0 Å². The average molecular weight is 347 g/mol. The van der Waals surface area contributed by atoms with Crippen LogP contribution in [0.4, 0.5) is 4.39 Å². The Morgan fingerprint density at radius 3 is 2.96 bits per heavy atom. The van der Waals surface area contributed by atoms with Crippen molar-refractivity contribution in [2.45, 2.75) is 19.3 Å². The Morgan fingerprint density at radius 2 is 2.20 bits per heavy atom. The summed E-state index contributed by atoms with van der Waals surface area (Å²) in [5.41, 5.74) is 1.63. The Kier molecular flexibility index (Phi) is 6.04. The Hall–Kier alpha value is -1.92. The number of H-pyrrole nitrogens is 1. The van der Waals surface area contributed by atoms with E-state index >= 15 is 0 Å². The fraction of sp³-hybridized carbons (Fsp3) is 0.526. The summed E-state index contributed by atoms with van der Waals surface area (Å²) in [5, 5.41) is 3.96. The fourth-order valence-electron chi connectivity index (χ4n) is 3.43. The SMILES string of the molecule is COCCN1CCC(CNC(=O)Cc2c[nH]c3cc(F)ccc23)CC1. The zero-order chi connectivity index (χ0) is 17.6. The van der Waals surface area contributed by atoms with Gasteiger partial charge >= 0.3 is 0 Å². The number of nitrogens with zero attached hydrogens (tertiary/aromatic N) is 1. The van der Waals surface area contributed by atoms with Crippen LogP contribution in [0.15, 0.2) is 24.4 Å². The lowest BCUT2D eigenvalue weighted by molar-refractivity contribution is -0.120. The zero-order valence-corrected chi connectivity index (χ0v) is 14.7. The van der Waals surface area contributed by atoms with Gasteiger partial charge in [-0.05, 0) is 55.6 Å². The molecule has 1 aromatic carbocycles. The summed E-state index contributed by atoms with van der Waals surface area (Å²) in [4.78, 5) is 17.7. The number of rotatable bonds is 7. The predicted octanol–water partition coefficient (Wildman–Crippen LogP) is 2.32. The van der Waals surface area contributed by atoms with Crippen LogP contribution in [0.1, 0.15) is 18.4 Å². The van der Waals surface area contributed by atoms with Gasteiger partial charge in [-0.25, -0.2) is 4.39 Å². The number of benzene rings is 1. The standard InChI is InChI=1S/C19H26FN3O2/c1-25-9-8-23-6-4-14(5-7-23)12-22-19(24)10-15-13-21-18-11-16(20)2-3-17(15)18/h2-3,11,13-14,21H,4-10,12H2,1H3,(H,22,24). The van der Waals surface area contributed by atoms with Gasteiger partial charge in [0.15, 0.2) is 0 Å². The summed E-state index contributed by atoms with van der Waals surface area (Å²) in [6, 6.07) is 4.60. The van der Waals surface area contributed by atoms with E-state index in [9.17, 15) is 9.18 Å². The highest BCUT2D eigenvalue weighted by atomic mass is 19.1. The second-order valence-electron chi connectivity index (χ2n) is 6.76. The number of nitrogens with one attached hydrogen (secondary N) is 2. The summed E-state index contributed by atoms with van der Waals surface area (Å²) in [5.74, 6) is 0.286. The van der Waals surface area contributed by atoms with Gasteiger partial charge in [0.05, 0.1) is 13.0 Å². The van der Waals surface area contributed by atoms with E-state index in [1.54, 1.807) is 19.4 Å².